The van der Waals surface area contributed by atoms with Gasteiger partial charge in [0.05, 0.1) is 6.61 Å². The third-order valence-corrected chi connectivity index (χ3v) is 3.91. The summed E-state index contributed by atoms with van der Waals surface area (Å²) >= 11 is 6.09. The molecule has 0 amide bonds. The van der Waals surface area contributed by atoms with Gasteiger partial charge in [0, 0.05) is 23.7 Å². The van der Waals surface area contributed by atoms with Gasteiger partial charge in [-0.1, -0.05) is 30.7 Å². The lowest BCUT2D eigenvalue weighted by atomic mass is 10.0. The molecule has 0 bridgehead atoms. The first-order valence-electron chi connectivity index (χ1n) is 7.38. The summed E-state index contributed by atoms with van der Waals surface area (Å²) in [5, 5.41) is 13.5. The maximum absolute atomic E-state index is 9.19. The van der Waals surface area contributed by atoms with Gasteiger partial charge in [0.2, 0.25) is 0 Å². The Kier molecular flexibility index (Phi) is 8.15. The smallest absolute Gasteiger partial charge is 0.0584 e. The molecule has 20 heavy (non-hydrogen) atoms. The van der Waals surface area contributed by atoms with Gasteiger partial charge in [-0.3, -0.25) is 0 Å². The summed E-state index contributed by atoms with van der Waals surface area (Å²) in [6, 6.07) is 8.56. The molecule has 0 fully saturated rings. The molecule has 3 nitrogen and oxygen atoms in total. The van der Waals surface area contributed by atoms with Crippen LogP contribution in [0.1, 0.15) is 38.3 Å². The molecule has 1 rings (SSSR count). The SMILES string of the molecule is CCCNC(CCN(C)C(C)CO)c1cccc(Cl)c1. The van der Waals surface area contributed by atoms with E-state index in [1.807, 2.05) is 25.1 Å². The molecule has 0 aliphatic rings. The molecule has 2 N–H and O–H groups in total. The van der Waals surface area contributed by atoms with Crippen LogP contribution < -0.4 is 5.32 Å². The van der Waals surface area contributed by atoms with Crippen molar-refractivity contribution in [3.63, 3.8) is 0 Å². The Balaban J connectivity index is 2.65. The van der Waals surface area contributed by atoms with Gasteiger partial charge in [0.15, 0.2) is 0 Å². The van der Waals surface area contributed by atoms with E-state index < -0.39 is 0 Å². The van der Waals surface area contributed by atoms with Gasteiger partial charge in [-0.25, -0.2) is 0 Å². The number of rotatable bonds is 9. The van der Waals surface area contributed by atoms with Crippen LogP contribution in [-0.2, 0) is 0 Å². The van der Waals surface area contributed by atoms with E-state index in [0.29, 0.717) is 6.04 Å². The molecule has 2 atom stereocenters. The molecule has 1 aromatic rings. The number of hydrogen-bond donors (Lipinski definition) is 2. The fourth-order valence-corrected chi connectivity index (χ4v) is 2.32. The molecule has 0 aliphatic heterocycles. The Hall–Kier alpha value is -0.610. The van der Waals surface area contributed by atoms with Crippen LogP contribution in [0.4, 0.5) is 0 Å². The van der Waals surface area contributed by atoms with Crippen LogP contribution in [0.15, 0.2) is 24.3 Å². The molecule has 0 saturated carbocycles. The second-order valence-electron chi connectivity index (χ2n) is 5.36. The molecular weight excluding hydrogens is 272 g/mol. The number of nitrogens with zero attached hydrogens (tertiary/aromatic N) is 1. The van der Waals surface area contributed by atoms with Crippen molar-refractivity contribution in [3.8, 4) is 0 Å². The average molecular weight is 299 g/mol. The van der Waals surface area contributed by atoms with Gasteiger partial charge in [-0.15, -0.1) is 0 Å². The predicted molar refractivity (Wildman–Crippen MR) is 86.3 cm³/mol. The number of hydrogen-bond acceptors (Lipinski definition) is 3. The monoisotopic (exact) mass is 298 g/mol. The molecule has 0 spiro atoms. The zero-order valence-corrected chi connectivity index (χ0v) is 13.5. The molecule has 0 radical (unpaired) electrons. The summed E-state index contributed by atoms with van der Waals surface area (Å²) in [6.07, 6.45) is 2.11. The maximum atomic E-state index is 9.19. The van der Waals surface area contributed by atoms with Gasteiger partial charge in [-0.2, -0.15) is 0 Å². The van der Waals surface area contributed by atoms with Crippen molar-refractivity contribution in [1.29, 1.82) is 0 Å². The first-order chi connectivity index (χ1) is 9.58. The number of likely N-dealkylation sites (N-methyl/N-ethyl adjacent to an activating group) is 1. The number of aliphatic hydroxyl groups excluding tert-OH is 1. The van der Waals surface area contributed by atoms with Crippen LogP contribution in [0.25, 0.3) is 0 Å². The zero-order chi connectivity index (χ0) is 15.0. The summed E-state index contributed by atoms with van der Waals surface area (Å²) in [6.45, 7) is 6.34. The highest BCUT2D eigenvalue weighted by Gasteiger charge is 2.14. The van der Waals surface area contributed by atoms with E-state index >= 15 is 0 Å². The Labute approximate surface area is 127 Å². The minimum atomic E-state index is 0.195. The topological polar surface area (TPSA) is 35.5 Å². The van der Waals surface area contributed by atoms with Crippen LogP contribution >= 0.6 is 11.6 Å². The lowest BCUT2D eigenvalue weighted by Gasteiger charge is -2.26. The Bertz CT molecular complexity index is 386. The van der Waals surface area contributed by atoms with E-state index in [1.165, 1.54) is 5.56 Å². The van der Waals surface area contributed by atoms with Crippen molar-refractivity contribution >= 4 is 11.6 Å². The molecule has 114 valence electrons. The van der Waals surface area contributed by atoms with Crippen molar-refractivity contribution in [3.05, 3.63) is 34.9 Å². The van der Waals surface area contributed by atoms with E-state index in [1.54, 1.807) is 0 Å². The third-order valence-electron chi connectivity index (χ3n) is 3.68. The Morgan fingerprint density at radius 3 is 2.75 bits per heavy atom. The lowest BCUT2D eigenvalue weighted by Crippen LogP contribution is -2.35. The minimum absolute atomic E-state index is 0.195. The molecule has 0 saturated heterocycles. The normalized spacial score (nSPS) is 14.5. The summed E-state index contributed by atoms with van der Waals surface area (Å²) in [4.78, 5) is 2.19. The van der Waals surface area contributed by atoms with E-state index in [9.17, 15) is 5.11 Å². The molecule has 0 aliphatic carbocycles. The average Bonchev–Trinajstić information content (AvgIpc) is 2.46. The highest BCUT2D eigenvalue weighted by Crippen LogP contribution is 2.21. The molecule has 4 heteroatoms. The van der Waals surface area contributed by atoms with Crippen molar-refractivity contribution < 1.29 is 5.11 Å². The minimum Gasteiger partial charge on any atom is -0.395 e. The first-order valence-corrected chi connectivity index (χ1v) is 7.76. The Morgan fingerprint density at radius 2 is 2.15 bits per heavy atom. The van der Waals surface area contributed by atoms with E-state index in [-0.39, 0.29) is 12.6 Å². The fourth-order valence-electron chi connectivity index (χ4n) is 2.12. The van der Waals surface area contributed by atoms with Crippen molar-refractivity contribution in [1.82, 2.24) is 10.2 Å². The molecule has 0 heterocycles. The number of aliphatic hydroxyl groups is 1. The van der Waals surface area contributed by atoms with Crippen LogP contribution in [0, 0.1) is 0 Å². The van der Waals surface area contributed by atoms with Gasteiger partial charge in [0.1, 0.15) is 0 Å². The van der Waals surface area contributed by atoms with Gasteiger partial charge in [-0.05, 0) is 51.1 Å². The van der Waals surface area contributed by atoms with E-state index in [0.717, 1.165) is 31.0 Å². The molecule has 0 aromatic heterocycles. The molecular formula is C16H27ClN2O. The van der Waals surface area contributed by atoms with Crippen molar-refractivity contribution in [2.45, 2.75) is 38.8 Å². The van der Waals surface area contributed by atoms with E-state index in [2.05, 4.69) is 30.3 Å². The van der Waals surface area contributed by atoms with Gasteiger partial charge in [0.25, 0.3) is 0 Å². The summed E-state index contributed by atoms with van der Waals surface area (Å²) in [7, 11) is 2.05. The van der Waals surface area contributed by atoms with Crippen LogP contribution in [0.2, 0.25) is 5.02 Å². The zero-order valence-electron chi connectivity index (χ0n) is 12.8. The standard InChI is InChI=1S/C16H27ClN2O/c1-4-9-18-16(8-10-19(3)13(2)12-20)14-6-5-7-15(17)11-14/h5-7,11,13,16,18,20H,4,8-10,12H2,1-3H3. The van der Waals surface area contributed by atoms with Crippen molar-refractivity contribution in [2.24, 2.45) is 0 Å². The number of halogens is 1. The van der Waals surface area contributed by atoms with Crippen molar-refractivity contribution in [2.75, 3.05) is 26.7 Å². The van der Waals surface area contributed by atoms with Crippen LogP contribution in [-0.4, -0.2) is 42.8 Å². The summed E-state index contributed by atoms with van der Waals surface area (Å²) in [5.41, 5.74) is 1.23. The van der Waals surface area contributed by atoms with Gasteiger partial charge >= 0.3 is 0 Å². The fraction of sp³-hybridized carbons (Fsp3) is 0.625. The predicted octanol–water partition coefficient (Wildman–Crippen LogP) is 3.08. The molecule has 1 aromatic carbocycles. The highest BCUT2D eigenvalue weighted by atomic mass is 35.5. The number of benzene rings is 1. The third kappa shape index (κ3) is 5.80. The van der Waals surface area contributed by atoms with Crippen LogP contribution in [0.3, 0.4) is 0 Å². The maximum Gasteiger partial charge on any atom is 0.0584 e. The second-order valence-corrected chi connectivity index (χ2v) is 5.80. The van der Waals surface area contributed by atoms with Gasteiger partial charge < -0.3 is 15.3 Å². The number of nitrogens with one attached hydrogen (secondary N) is 1. The molecule has 2 unspecified atom stereocenters. The largest absolute Gasteiger partial charge is 0.395 e. The highest BCUT2D eigenvalue weighted by molar-refractivity contribution is 6.30. The van der Waals surface area contributed by atoms with E-state index in [4.69, 9.17) is 11.6 Å². The second kappa shape index (κ2) is 9.35. The first kappa shape index (κ1) is 17.4. The quantitative estimate of drug-likeness (QED) is 0.735. The Morgan fingerprint density at radius 1 is 1.40 bits per heavy atom. The summed E-state index contributed by atoms with van der Waals surface area (Å²) in [5.74, 6) is 0. The lowest BCUT2D eigenvalue weighted by molar-refractivity contribution is 0.154. The van der Waals surface area contributed by atoms with Crippen LogP contribution in [0.5, 0.6) is 0 Å². The summed E-state index contributed by atoms with van der Waals surface area (Å²) < 4.78 is 0.